The van der Waals surface area contributed by atoms with E-state index in [-0.39, 0.29) is 12.5 Å². The molecule has 2 rings (SSSR count). The topological polar surface area (TPSA) is 81.6 Å². The maximum absolute atomic E-state index is 11.4. The van der Waals surface area contributed by atoms with Gasteiger partial charge in [-0.15, -0.1) is 0 Å². The zero-order chi connectivity index (χ0) is 13.9. The zero-order valence-corrected chi connectivity index (χ0v) is 11.0. The Kier molecular flexibility index (Phi) is 4.19. The van der Waals surface area contributed by atoms with Gasteiger partial charge in [-0.3, -0.25) is 4.79 Å². The van der Waals surface area contributed by atoms with Gasteiger partial charge in [0.1, 0.15) is 0 Å². The third-order valence-corrected chi connectivity index (χ3v) is 3.61. The Hall–Kier alpha value is -1.43. The first kappa shape index (κ1) is 14.0. The molecule has 0 saturated carbocycles. The Bertz CT molecular complexity index is 438. The summed E-state index contributed by atoms with van der Waals surface area (Å²) in [6, 6.07) is 9.29. The van der Waals surface area contributed by atoms with Crippen LogP contribution in [-0.2, 0) is 11.2 Å². The quantitative estimate of drug-likeness (QED) is 0.587. The van der Waals surface area contributed by atoms with Gasteiger partial charge in [0.15, 0.2) is 0 Å². The molecule has 1 fully saturated rings. The lowest BCUT2D eigenvalue weighted by Gasteiger charge is -2.34. The van der Waals surface area contributed by atoms with Crippen molar-refractivity contribution in [1.29, 1.82) is 0 Å². The molecular weight excluding hydrogens is 244 g/mol. The van der Waals surface area contributed by atoms with E-state index < -0.39 is 17.7 Å². The average molecular weight is 264 g/mol. The molecule has 0 unspecified atom stereocenters. The standard InChI is InChI=1S/C14H20N2O3/c1-10(18)16-14(7-11-5-3-2-4-6-11)9-15-12(8-17)13(14)19/h2-6,12-13,15,17,19H,7-9H2,1H3,(H,16,18)/t12-,13+,14-/m0/s1. The average Bonchev–Trinajstić information content (AvgIpc) is 2.67. The van der Waals surface area contributed by atoms with E-state index in [2.05, 4.69) is 10.6 Å². The van der Waals surface area contributed by atoms with E-state index in [9.17, 15) is 15.0 Å². The van der Waals surface area contributed by atoms with Crippen LogP contribution in [0.15, 0.2) is 30.3 Å². The maximum Gasteiger partial charge on any atom is 0.217 e. The summed E-state index contributed by atoms with van der Waals surface area (Å²) in [6.07, 6.45) is -0.292. The molecule has 1 heterocycles. The van der Waals surface area contributed by atoms with Crippen LogP contribution >= 0.6 is 0 Å². The van der Waals surface area contributed by atoms with E-state index in [1.807, 2.05) is 30.3 Å². The van der Waals surface area contributed by atoms with Gasteiger partial charge < -0.3 is 20.8 Å². The molecule has 5 heteroatoms. The molecule has 1 saturated heterocycles. The highest BCUT2D eigenvalue weighted by Gasteiger charge is 2.48. The van der Waals surface area contributed by atoms with E-state index in [0.29, 0.717) is 13.0 Å². The molecule has 1 amide bonds. The van der Waals surface area contributed by atoms with Gasteiger partial charge in [0, 0.05) is 13.5 Å². The zero-order valence-electron chi connectivity index (χ0n) is 11.0. The largest absolute Gasteiger partial charge is 0.395 e. The van der Waals surface area contributed by atoms with Crippen molar-refractivity contribution in [2.24, 2.45) is 0 Å². The first-order valence-electron chi connectivity index (χ1n) is 6.42. The van der Waals surface area contributed by atoms with Crippen molar-refractivity contribution < 1.29 is 15.0 Å². The van der Waals surface area contributed by atoms with Crippen molar-refractivity contribution in [3.05, 3.63) is 35.9 Å². The molecule has 3 atom stereocenters. The molecule has 19 heavy (non-hydrogen) atoms. The predicted molar refractivity (Wildman–Crippen MR) is 71.6 cm³/mol. The number of rotatable bonds is 4. The van der Waals surface area contributed by atoms with Gasteiger partial charge in [0.2, 0.25) is 5.91 Å². The second-order valence-corrected chi connectivity index (χ2v) is 5.11. The number of hydrogen-bond donors (Lipinski definition) is 4. The summed E-state index contributed by atoms with van der Waals surface area (Å²) < 4.78 is 0. The van der Waals surface area contributed by atoms with Gasteiger partial charge >= 0.3 is 0 Å². The summed E-state index contributed by atoms with van der Waals surface area (Å²) in [5, 5.41) is 25.5. The van der Waals surface area contributed by atoms with Crippen LogP contribution in [0.1, 0.15) is 12.5 Å². The van der Waals surface area contributed by atoms with Crippen LogP contribution in [0.25, 0.3) is 0 Å². The molecule has 0 bridgehead atoms. The second-order valence-electron chi connectivity index (χ2n) is 5.11. The molecule has 1 aromatic rings. The van der Waals surface area contributed by atoms with Crippen LogP contribution in [0.4, 0.5) is 0 Å². The summed E-state index contributed by atoms with van der Waals surface area (Å²) >= 11 is 0. The second kappa shape index (κ2) is 5.69. The first-order chi connectivity index (χ1) is 9.07. The molecule has 1 aliphatic rings. The lowest BCUT2D eigenvalue weighted by Crippen LogP contribution is -2.58. The van der Waals surface area contributed by atoms with Crippen molar-refractivity contribution >= 4 is 5.91 Å². The number of amides is 1. The fourth-order valence-corrected chi connectivity index (χ4v) is 2.72. The van der Waals surface area contributed by atoms with Crippen molar-refractivity contribution in [3.63, 3.8) is 0 Å². The van der Waals surface area contributed by atoms with E-state index in [1.54, 1.807) is 0 Å². The van der Waals surface area contributed by atoms with Gasteiger partial charge in [-0.1, -0.05) is 30.3 Å². The summed E-state index contributed by atoms with van der Waals surface area (Å²) in [5.41, 5.74) is 0.274. The molecule has 0 aromatic heterocycles. The first-order valence-corrected chi connectivity index (χ1v) is 6.42. The molecule has 0 spiro atoms. The van der Waals surface area contributed by atoms with Gasteiger partial charge in [0.05, 0.1) is 24.3 Å². The van der Waals surface area contributed by atoms with Crippen LogP contribution in [0.3, 0.4) is 0 Å². The number of carbonyl (C=O) groups excluding carboxylic acids is 1. The molecule has 0 radical (unpaired) electrons. The van der Waals surface area contributed by atoms with Crippen LogP contribution in [0, 0.1) is 0 Å². The SMILES string of the molecule is CC(=O)N[C@@]1(Cc2ccccc2)CN[C@@H](CO)[C@H]1O. The van der Waals surface area contributed by atoms with Crippen LogP contribution < -0.4 is 10.6 Å². The third-order valence-electron chi connectivity index (χ3n) is 3.61. The third kappa shape index (κ3) is 2.94. The normalized spacial score (nSPS) is 30.3. The van der Waals surface area contributed by atoms with Gasteiger partial charge in [-0.25, -0.2) is 0 Å². The highest BCUT2D eigenvalue weighted by atomic mass is 16.3. The molecular formula is C14H20N2O3. The molecule has 104 valence electrons. The van der Waals surface area contributed by atoms with Gasteiger partial charge in [-0.05, 0) is 12.0 Å². The van der Waals surface area contributed by atoms with Crippen LogP contribution in [-0.4, -0.2) is 47.0 Å². The Balaban J connectivity index is 2.23. The molecule has 0 aliphatic carbocycles. The van der Waals surface area contributed by atoms with E-state index in [1.165, 1.54) is 6.92 Å². The van der Waals surface area contributed by atoms with Crippen LogP contribution in [0.2, 0.25) is 0 Å². The van der Waals surface area contributed by atoms with Crippen molar-refractivity contribution in [2.45, 2.75) is 31.0 Å². The number of aliphatic hydroxyl groups is 2. The van der Waals surface area contributed by atoms with Gasteiger partial charge in [-0.2, -0.15) is 0 Å². The molecule has 4 N–H and O–H groups in total. The number of nitrogens with one attached hydrogen (secondary N) is 2. The van der Waals surface area contributed by atoms with Crippen LogP contribution in [0.5, 0.6) is 0 Å². The number of benzene rings is 1. The fraction of sp³-hybridized carbons (Fsp3) is 0.500. The summed E-state index contributed by atoms with van der Waals surface area (Å²) in [4.78, 5) is 11.4. The Morgan fingerprint density at radius 2 is 2.16 bits per heavy atom. The summed E-state index contributed by atoms with van der Waals surface area (Å²) in [5.74, 6) is -0.185. The number of carbonyl (C=O) groups is 1. The lowest BCUT2D eigenvalue weighted by molar-refractivity contribution is -0.122. The fourth-order valence-electron chi connectivity index (χ4n) is 2.72. The van der Waals surface area contributed by atoms with Crippen molar-refractivity contribution in [2.75, 3.05) is 13.2 Å². The highest BCUT2D eigenvalue weighted by molar-refractivity contribution is 5.74. The lowest BCUT2D eigenvalue weighted by atomic mass is 9.85. The Morgan fingerprint density at radius 1 is 1.47 bits per heavy atom. The van der Waals surface area contributed by atoms with E-state index in [0.717, 1.165) is 5.56 Å². The van der Waals surface area contributed by atoms with Gasteiger partial charge in [0.25, 0.3) is 0 Å². The monoisotopic (exact) mass is 264 g/mol. The minimum Gasteiger partial charge on any atom is -0.395 e. The Labute approximate surface area is 112 Å². The number of aliphatic hydroxyl groups excluding tert-OH is 2. The molecule has 5 nitrogen and oxygen atoms in total. The molecule has 1 aromatic carbocycles. The Morgan fingerprint density at radius 3 is 2.68 bits per heavy atom. The van der Waals surface area contributed by atoms with Crippen molar-refractivity contribution in [3.8, 4) is 0 Å². The van der Waals surface area contributed by atoms with E-state index >= 15 is 0 Å². The minimum atomic E-state index is -0.818. The summed E-state index contributed by atoms with van der Waals surface area (Å²) in [6.45, 7) is 1.72. The minimum absolute atomic E-state index is 0.155. The highest BCUT2D eigenvalue weighted by Crippen LogP contribution is 2.25. The van der Waals surface area contributed by atoms with E-state index in [4.69, 9.17) is 0 Å². The molecule has 1 aliphatic heterocycles. The van der Waals surface area contributed by atoms with Crippen molar-refractivity contribution in [1.82, 2.24) is 10.6 Å². The predicted octanol–water partition coefficient (Wildman–Crippen LogP) is -0.571. The summed E-state index contributed by atoms with van der Waals surface area (Å²) in [7, 11) is 0. The number of hydrogen-bond acceptors (Lipinski definition) is 4. The maximum atomic E-state index is 11.4. The smallest absolute Gasteiger partial charge is 0.217 e.